The normalized spacial score (nSPS) is 15.8. The first kappa shape index (κ1) is 16.5. The standard InChI is InChI=1S/C16H18N6OS/c1-11(15(23)18-13-8-6-12(10-17)7-9-13)24-16-19-20-21-22(16)14-4-2-3-5-14/h6-9,11,14H,2-5H2,1H3,(H,18,23). The van der Waals surface area contributed by atoms with E-state index in [1.165, 1.54) is 24.6 Å². The number of hydrogen-bond donors (Lipinski definition) is 1. The van der Waals surface area contributed by atoms with Crippen molar-refractivity contribution in [3.05, 3.63) is 29.8 Å². The van der Waals surface area contributed by atoms with Gasteiger partial charge in [-0.2, -0.15) is 5.26 Å². The Morgan fingerprint density at radius 3 is 2.75 bits per heavy atom. The summed E-state index contributed by atoms with van der Waals surface area (Å²) in [5.74, 6) is -0.120. The Morgan fingerprint density at radius 1 is 1.38 bits per heavy atom. The predicted molar refractivity (Wildman–Crippen MR) is 90.4 cm³/mol. The summed E-state index contributed by atoms with van der Waals surface area (Å²) in [5, 5.41) is 23.9. The van der Waals surface area contributed by atoms with Crippen LogP contribution in [0.5, 0.6) is 0 Å². The maximum atomic E-state index is 12.4. The molecule has 1 heterocycles. The van der Waals surface area contributed by atoms with E-state index in [2.05, 4.69) is 26.9 Å². The first-order valence-electron chi connectivity index (χ1n) is 7.93. The largest absolute Gasteiger partial charge is 0.325 e. The topological polar surface area (TPSA) is 96.5 Å². The van der Waals surface area contributed by atoms with Gasteiger partial charge in [0.2, 0.25) is 11.1 Å². The summed E-state index contributed by atoms with van der Waals surface area (Å²) in [7, 11) is 0. The van der Waals surface area contributed by atoms with Crippen LogP contribution in [0.1, 0.15) is 44.2 Å². The number of tetrazole rings is 1. The van der Waals surface area contributed by atoms with Gasteiger partial charge in [-0.25, -0.2) is 4.68 Å². The van der Waals surface area contributed by atoms with Crippen molar-refractivity contribution in [2.24, 2.45) is 0 Å². The third kappa shape index (κ3) is 3.74. The summed E-state index contributed by atoms with van der Waals surface area (Å²) >= 11 is 1.36. The van der Waals surface area contributed by atoms with Gasteiger partial charge >= 0.3 is 0 Å². The molecule has 1 aromatic heterocycles. The number of carbonyl (C=O) groups is 1. The van der Waals surface area contributed by atoms with Crippen LogP contribution in [0.4, 0.5) is 5.69 Å². The van der Waals surface area contributed by atoms with E-state index in [0.29, 0.717) is 22.4 Å². The first-order valence-corrected chi connectivity index (χ1v) is 8.81. The molecule has 124 valence electrons. The average molecular weight is 342 g/mol. The highest BCUT2D eigenvalue weighted by Crippen LogP contribution is 2.32. The zero-order chi connectivity index (χ0) is 16.9. The summed E-state index contributed by atoms with van der Waals surface area (Å²) in [6.45, 7) is 1.83. The van der Waals surface area contributed by atoms with Crippen molar-refractivity contribution in [1.82, 2.24) is 20.2 Å². The van der Waals surface area contributed by atoms with E-state index in [0.717, 1.165) is 12.8 Å². The molecule has 24 heavy (non-hydrogen) atoms. The number of amides is 1. The molecule has 1 aliphatic carbocycles. The van der Waals surface area contributed by atoms with Crippen molar-refractivity contribution in [3.8, 4) is 6.07 Å². The Kier molecular flexibility index (Phi) is 5.11. The van der Waals surface area contributed by atoms with Gasteiger partial charge in [-0.05, 0) is 54.5 Å². The second-order valence-corrected chi connectivity index (χ2v) is 7.09. The van der Waals surface area contributed by atoms with Gasteiger partial charge in [-0.1, -0.05) is 24.6 Å². The molecule has 0 radical (unpaired) electrons. The minimum Gasteiger partial charge on any atom is -0.325 e. The number of benzene rings is 1. The predicted octanol–water partition coefficient (Wildman–Crippen LogP) is 2.78. The lowest BCUT2D eigenvalue weighted by Gasteiger charge is -2.14. The molecule has 0 bridgehead atoms. The summed E-state index contributed by atoms with van der Waals surface area (Å²) in [6.07, 6.45) is 4.57. The van der Waals surface area contributed by atoms with Gasteiger partial charge < -0.3 is 5.32 Å². The van der Waals surface area contributed by atoms with E-state index in [4.69, 9.17) is 5.26 Å². The van der Waals surface area contributed by atoms with Gasteiger partial charge in [0, 0.05) is 5.69 Å². The summed E-state index contributed by atoms with van der Waals surface area (Å²) in [6, 6.07) is 9.18. The average Bonchev–Trinajstić information content (AvgIpc) is 3.26. The Balaban J connectivity index is 1.62. The van der Waals surface area contributed by atoms with E-state index >= 15 is 0 Å². The number of nitrogens with one attached hydrogen (secondary N) is 1. The molecule has 1 unspecified atom stereocenters. The molecule has 3 rings (SSSR count). The lowest BCUT2D eigenvalue weighted by Crippen LogP contribution is -2.23. The van der Waals surface area contributed by atoms with E-state index in [9.17, 15) is 4.79 Å². The fourth-order valence-electron chi connectivity index (χ4n) is 2.72. The van der Waals surface area contributed by atoms with Gasteiger partial charge in [0.15, 0.2) is 0 Å². The number of rotatable bonds is 5. The molecule has 7 nitrogen and oxygen atoms in total. The van der Waals surface area contributed by atoms with Crippen LogP contribution in [0.15, 0.2) is 29.4 Å². The molecule has 1 atom stereocenters. The van der Waals surface area contributed by atoms with Crippen LogP contribution in [0.25, 0.3) is 0 Å². The number of nitriles is 1. The van der Waals surface area contributed by atoms with E-state index in [1.54, 1.807) is 24.3 Å². The van der Waals surface area contributed by atoms with Gasteiger partial charge in [0.25, 0.3) is 0 Å². The fraction of sp³-hybridized carbons (Fsp3) is 0.438. The van der Waals surface area contributed by atoms with E-state index in [1.807, 2.05) is 11.6 Å². The maximum Gasteiger partial charge on any atom is 0.237 e. The number of hydrogen-bond acceptors (Lipinski definition) is 6. The second-order valence-electron chi connectivity index (χ2n) is 5.78. The van der Waals surface area contributed by atoms with Gasteiger partial charge in [-0.3, -0.25) is 4.79 Å². The van der Waals surface area contributed by atoms with Crippen molar-refractivity contribution < 1.29 is 4.79 Å². The zero-order valence-corrected chi connectivity index (χ0v) is 14.2. The second kappa shape index (κ2) is 7.45. The van der Waals surface area contributed by atoms with Crippen LogP contribution in [-0.4, -0.2) is 31.4 Å². The van der Waals surface area contributed by atoms with Crippen LogP contribution in [-0.2, 0) is 4.79 Å². The minimum atomic E-state index is -0.327. The molecule has 0 spiro atoms. The highest BCUT2D eigenvalue weighted by molar-refractivity contribution is 8.00. The van der Waals surface area contributed by atoms with Gasteiger partial charge in [0.1, 0.15) is 0 Å². The molecule has 8 heteroatoms. The molecule has 1 aromatic carbocycles. The molecular weight excluding hydrogens is 324 g/mol. The summed E-state index contributed by atoms with van der Waals surface area (Å²) in [5.41, 5.74) is 1.23. The Hall–Kier alpha value is -2.40. The van der Waals surface area contributed by atoms with Crippen molar-refractivity contribution >= 4 is 23.4 Å². The number of carbonyl (C=O) groups excluding carboxylic acids is 1. The van der Waals surface area contributed by atoms with Crippen molar-refractivity contribution in [2.45, 2.75) is 49.1 Å². The van der Waals surface area contributed by atoms with E-state index < -0.39 is 0 Å². The molecule has 1 N–H and O–H groups in total. The number of anilines is 1. The van der Waals surface area contributed by atoms with Crippen molar-refractivity contribution in [3.63, 3.8) is 0 Å². The van der Waals surface area contributed by atoms with Crippen LogP contribution in [0, 0.1) is 11.3 Å². The quantitative estimate of drug-likeness (QED) is 0.839. The monoisotopic (exact) mass is 342 g/mol. The molecular formula is C16H18N6OS. The lowest BCUT2D eigenvalue weighted by atomic mass is 10.2. The highest BCUT2D eigenvalue weighted by atomic mass is 32.2. The van der Waals surface area contributed by atoms with Gasteiger partial charge in [0.05, 0.1) is 22.9 Å². The summed E-state index contributed by atoms with van der Waals surface area (Å²) in [4.78, 5) is 12.4. The maximum absolute atomic E-state index is 12.4. The minimum absolute atomic E-state index is 0.120. The van der Waals surface area contributed by atoms with Crippen LogP contribution >= 0.6 is 11.8 Å². The molecule has 1 aliphatic rings. The van der Waals surface area contributed by atoms with Gasteiger partial charge in [-0.15, -0.1) is 5.10 Å². The van der Waals surface area contributed by atoms with Crippen LogP contribution in [0.2, 0.25) is 0 Å². The van der Waals surface area contributed by atoms with Crippen molar-refractivity contribution in [1.29, 1.82) is 5.26 Å². The lowest BCUT2D eigenvalue weighted by molar-refractivity contribution is -0.115. The molecule has 1 amide bonds. The third-order valence-electron chi connectivity index (χ3n) is 4.07. The third-order valence-corrected chi connectivity index (χ3v) is 5.11. The Bertz CT molecular complexity index is 745. The fourth-order valence-corrected chi connectivity index (χ4v) is 3.58. The number of thioether (sulfide) groups is 1. The number of nitrogens with zero attached hydrogens (tertiary/aromatic N) is 5. The highest BCUT2D eigenvalue weighted by Gasteiger charge is 2.24. The summed E-state index contributed by atoms with van der Waals surface area (Å²) < 4.78 is 1.85. The Labute approximate surface area is 144 Å². The molecule has 0 saturated heterocycles. The SMILES string of the molecule is CC(Sc1nnnn1C1CCCC1)C(=O)Nc1ccc(C#N)cc1. The zero-order valence-electron chi connectivity index (χ0n) is 13.3. The molecule has 1 saturated carbocycles. The molecule has 1 fully saturated rings. The molecule has 0 aliphatic heterocycles. The molecule has 2 aromatic rings. The number of aromatic nitrogens is 4. The van der Waals surface area contributed by atoms with E-state index in [-0.39, 0.29) is 11.2 Å². The smallest absolute Gasteiger partial charge is 0.237 e. The van der Waals surface area contributed by atoms with Crippen LogP contribution in [0.3, 0.4) is 0 Å². The first-order chi connectivity index (χ1) is 11.7. The van der Waals surface area contributed by atoms with Crippen LogP contribution < -0.4 is 5.32 Å². The van der Waals surface area contributed by atoms with Crippen molar-refractivity contribution in [2.75, 3.05) is 5.32 Å². The Morgan fingerprint density at radius 2 is 2.08 bits per heavy atom.